The molecule has 0 spiro atoms. The number of para-hydroxylation sites is 1. The normalized spacial score (nSPS) is 16.3. The Morgan fingerprint density at radius 2 is 2.05 bits per heavy atom. The lowest BCUT2D eigenvalue weighted by atomic mass is 9.98. The van der Waals surface area contributed by atoms with Gasteiger partial charge in [0.25, 0.3) is 0 Å². The number of halogens is 1. The van der Waals surface area contributed by atoms with E-state index in [9.17, 15) is 0 Å². The molecule has 0 unspecified atom stereocenters. The van der Waals surface area contributed by atoms with E-state index < -0.39 is 0 Å². The van der Waals surface area contributed by atoms with E-state index in [0.29, 0.717) is 0 Å². The van der Waals surface area contributed by atoms with Crippen molar-refractivity contribution in [1.82, 2.24) is 10.3 Å². The van der Waals surface area contributed by atoms with Crippen molar-refractivity contribution < 1.29 is 0 Å². The van der Waals surface area contributed by atoms with E-state index in [1.54, 1.807) is 11.3 Å². The van der Waals surface area contributed by atoms with Crippen LogP contribution in [0.5, 0.6) is 0 Å². The summed E-state index contributed by atoms with van der Waals surface area (Å²) in [6.45, 7) is 3.46. The monoisotopic (exact) mass is 297 g/mol. The fraction of sp³-hybridized carbons (Fsp3) is 0.500. The second-order valence-electron chi connectivity index (χ2n) is 5.04. The Hall–Kier alpha value is -0.840. The van der Waals surface area contributed by atoms with Gasteiger partial charge in [-0.15, -0.1) is 12.4 Å². The first kappa shape index (κ1) is 14.6. The summed E-state index contributed by atoms with van der Waals surface area (Å²) >= 11 is 1.79. The molecule has 0 radical (unpaired) electrons. The van der Waals surface area contributed by atoms with Gasteiger partial charge < -0.3 is 10.2 Å². The summed E-state index contributed by atoms with van der Waals surface area (Å²) in [6, 6.07) is 8.37. The molecule has 1 N–H and O–H groups in total. The molecular weight excluding hydrogens is 278 g/mol. The second-order valence-corrected chi connectivity index (χ2v) is 6.05. The number of nitrogens with one attached hydrogen (secondary N) is 1. The van der Waals surface area contributed by atoms with Crippen LogP contribution in [0.3, 0.4) is 0 Å². The van der Waals surface area contributed by atoms with Crippen molar-refractivity contribution in [3.05, 3.63) is 24.3 Å². The minimum Gasteiger partial charge on any atom is -0.351 e. The van der Waals surface area contributed by atoms with E-state index in [2.05, 4.69) is 41.5 Å². The topological polar surface area (TPSA) is 28.2 Å². The number of hydrogen-bond acceptors (Lipinski definition) is 4. The van der Waals surface area contributed by atoms with Crippen LogP contribution in [0.1, 0.15) is 12.8 Å². The molecule has 1 aromatic carbocycles. The standard InChI is InChI=1S/C14H19N3S.ClH/c1-17(10-11-6-8-15-9-7-11)14-16-12-4-2-3-5-13(12)18-14;/h2-5,11,15H,6-10H2,1H3;1H. The molecule has 3 nitrogen and oxygen atoms in total. The summed E-state index contributed by atoms with van der Waals surface area (Å²) in [6.07, 6.45) is 2.57. The van der Waals surface area contributed by atoms with Gasteiger partial charge in [0, 0.05) is 13.6 Å². The van der Waals surface area contributed by atoms with Gasteiger partial charge in [0.15, 0.2) is 5.13 Å². The molecule has 1 aromatic heterocycles. The highest BCUT2D eigenvalue weighted by Gasteiger charge is 2.17. The molecule has 1 saturated heterocycles. The van der Waals surface area contributed by atoms with Crippen LogP contribution in [0.2, 0.25) is 0 Å². The number of piperidine rings is 1. The van der Waals surface area contributed by atoms with Gasteiger partial charge in [-0.1, -0.05) is 23.5 Å². The van der Waals surface area contributed by atoms with E-state index in [1.165, 1.54) is 30.6 Å². The van der Waals surface area contributed by atoms with Crippen molar-refractivity contribution in [2.75, 3.05) is 31.6 Å². The van der Waals surface area contributed by atoms with Crippen LogP contribution >= 0.6 is 23.7 Å². The minimum atomic E-state index is 0. The van der Waals surface area contributed by atoms with Gasteiger partial charge in [-0.3, -0.25) is 0 Å². The molecule has 5 heteroatoms. The Bertz CT molecular complexity index is 489. The summed E-state index contributed by atoms with van der Waals surface area (Å²) in [4.78, 5) is 7.03. The summed E-state index contributed by atoms with van der Waals surface area (Å²) in [5, 5.41) is 4.57. The lowest BCUT2D eigenvalue weighted by molar-refractivity contribution is 0.378. The number of hydrogen-bond donors (Lipinski definition) is 1. The maximum atomic E-state index is 4.71. The highest BCUT2D eigenvalue weighted by atomic mass is 35.5. The van der Waals surface area contributed by atoms with Gasteiger partial charge in [-0.05, 0) is 44.0 Å². The third-order valence-corrected chi connectivity index (χ3v) is 4.75. The van der Waals surface area contributed by atoms with Crippen molar-refractivity contribution in [3.63, 3.8) is 0 Å². The number of thiazole rings is 1. The fourth-order valence-corrected chi connectivity index (χ4v) is 3.49. The van der Waals surface area contributed by atoms with Gasteiger partial charge in [0.2, 0.25) is 0 Å². The number of aromatic nitrogens is 1. The van der Waals surface area contributed by atoms with E-state index >= 15 is 0 Å². The van der Waals surface area contributed by atoms with E-state index in [1.807, 2.05) is 0 Å². The van der Waals surface area contributed by atoms with E-state index in [-0.39, 0.29) is 12.4 Å². The van der Waals surface area contributed by atoms with Crippen LogP contribution in [0.15, 0.2) is 24.3 Å². The molecule has 0 atom stereocenters. The Labute approximate surface area is 124 Å². The molecule has 0 bridgehead atoms. The van der Waals surface area contributed by atoms with Gasteiger partial charge in [0.1, 0.15) is 0 Å². The first-order valence-electron chi connectivity index (χ1n) is 6.60. The molecular formula is C14H20ClN3S. The predicted octanol–water partition coefficient (Wildman–Crippen LogP) is 3.15. The number of rotatable bonds is 3. The molecule has 19 heavy (non-hydrogen) atoms. The van der Waals surface area contributed by atoms with Crippen LogP contribution in [-0.2, 0) is 0 Å². The molecule has 2 heterocycles. The molecule has 1 aliphatic rings. The third-order valence-electron chi connectivity index (χ3n) is 3.60. The number of anilines is 1. The molecule has 1 aliphatic heterocycles. The molecule has 104 valence electrons. The van der Waals surface area contributed by atoms with Crippen LogP contribution in [0.4, 0.5) is 5.13 Å². The highest BCUT2D eigenvalue weighted by Crippen LogP contribution is 2.28. The largest absolute Gasteiger partial charge is 0.351 e. The summed E-state index contributed by atoms with van der Waals surface area (Å²) in [5.41, 5.74) is 1.12. The lowest BCUT2D eigenvalue weighted by Crippen LogP contribution is -2.34. The maximum Gasteiger partial charge on any atom is 0.186 e. The van der Waals surface area contributed by atoms with Crippen LogP contribution < -0.4 is 10.2 Å². The molecule has 0 saturated carbocycles. The number of nitrogens with zero attached hydrogens (tertiary/aromatic N) is 2. The fourth-order valence-electron chi connectivity index (χ4n) is 2.55. The van der Waals surface area contributed by atoms with Gasteiger partial charge in [-0.2, -0.15) is 0 Å². The SMILES string of the molecule is CN(CC1CCNCC1)c1nc2ccccc2s1.Cl. The quantitative estimate of drug-likeness (QED) is 0.943. The lowest BCUT2D eigenvalue weighted by Gasteiger charge is -2.27. The predicted molar refractivity (Wildman–Crippen MR) is 85.7 cm³/mol. The zero-order chi connectivity index (χ0) is 12.4. The van der Waals surface area contributed by atoms with E-state index in [0.717, 1.165) is 23.1 Å². The van der Waals surface area contributed by atoms with Crippen molar-refractivity contribution >= 4 is 39.1 Å². The zero-order valence-electron chi connectivity index (χ0n) is 11.1. The Morgan fingerprint density at radius 1 is 1.32 bits per heavy atom. The summed E-state index contributed by atoms with van der Waals surface area (Å²) < 4.78 is 1.28. The maximum absolute atomic E-state index is 4.71. The van der Waals surface area contributed by atoms with Crippen molar-refractivity contribution in [1.29, 1.82) is 0 Å². The Balaban J connectivity index is 0.00000133. The molecule has 1 fully saturated rings. The molecule has 3 rings (SSSR count). The van der Waals surface area contributed by atoms with Gasteiger partial charge in [-0.25, -0.2) is 4.98 Å². The van der Waals surface area contributed by atoms with E-state index in [4.69, 9.17) is 4.98 Å². The van der Waals surface area contributed by atoms with Crippen molar-refractivity contribution in [2.45, 2.75) is 12.8 Å². The van der Waals surface area contributed by atoms with Crippen LogP contribution in [0.25, 0.3) is 10.2 Å². The minimum absolute atomic E-state index is 0. The smallest absolute Gasteiger partial charge is 0.186 e. The van der Waals surface area contributed by atoms with Gasteiger partial charge in [0.05, 0.1) is 10.2 Å². The zero-order valence-corrected chi connectivity index (χ0v) is 12.8. The summed E-state index contributed by atoms with van der Waals surface area (Å²) in [5.74, 6) is 0.809. The number of fused-ring (bicyclic) bond motifs is 1. The first-order chi connectivity index (χ1) is 8.83. The first-order valence-corrected chi connectivity index (χ1v) is 7.42. The Kier molecular flexibility index (Phi) is 5.02. The second kappa shape index (κ2) is 6.55. The van der Waals surface area contributed by atoms with Crippen LogP contribution in [-0.4, -0.2) is 31.7 Å². The highest BCUT2D eigenvalue weighted by molar-refractivity contribution is 7.22. The van der Waals surface area contributed by atoms with Gasteiger partial charge >= 0.3 is 0 Å². The molecule has 2 aromatic rings. The average molecular weight is 298 g/mol. The molecule has 0 amide bonds. The van der Waals surface area contributed by atoms with Crippen LogP contribution in [0, 0.1) is 5.92 Å². The Morgan fingerprint density at radius 3 is 2.79 bits per heavy atom. The molecule has 0 aliphatic carbocycles. The van der Waals surface area contributed by atoms with Crippen molar-refractivity contribution in [2.24, 2.45) is 5.92 Å². The summed E-state index contributed by atoms with van der Waals surface area (Å²) in [7, 11) is 2.17. The third kappa shape index (κ3) is 3.38. The van der Waals surface area contributed by atoms with Crippen molar-refractivity contribution in [3.8, 4) is 0 Å². The number of benzene rings is 1. The average Bonchev–Trinajstić information content (AvgIpc) is 2.84.